The molecule has 0 aromatic carbocycles. The Labute approximate surface area is 191 Å². The third-order valence-electron chi connectivity index (χ3n) is 5.56. The summed E-state index contributed by atoms with van der Waals surface area (Å²) in [4.78, 5) is 37.9. The van der Waals surface area contributed by atoms with Crippen LogP contribution in [0.25, 0.3) is 11.7 Å². The fourth-order valence-corrected chi connectivity index (χ4v) is 5.14. The molecule has 2 aliphatic heterocycles. The SMILES string of the molecule is CCN1CCN(c2nc3ccccn3c(=O)c2/C=C2/SC(=S)N(CC(C)C)C2=O)CC1. The highest BCUT2D eigenvalue weighted by atomic mass is 32.2. The molecule has 0 saturated carbocycles. The van der Waals surface area contributed by atoms with Gasteiger partial charge < -0.3 is 9.80 Å². The molecule has 2 saturated heterocycles. The van der Waals surface area contributed by atoms with Gasteiger partial charge in [-0.2, -0.15) is 0 Å². The van der Waals surface area contributed by atoms with Gasteiger partial charge in [0, 0.05) is 38.9 Å². The summed E-state index contributed by atoms with van der Waals surface area (Å²) in [7, 11) is 0. The van der Waals surface area contributed by atoms with Gasteiger partial charge in [-0.25, -0.2) is 4.98 Å². The van der Waals surface area contributed by atoms with E-state index in [0.29, 0.717) is 38.7 Å². The van der Waals surface area contributed by atoms with Crippen molar-refractivity contribution < 1.29 is 4.79 Å². The van der Waals surface area contributed by atoms with Gasteiger partial charge in [-0.3, -0.25) is 18.9 Å². The number of hydrogen-bond acceptors (Lipinski definition) is 7. The smallest absolute Gasteiger partial charge is 0.267 e. The lowest BCUT2D eigenvalue weighted by molar-refractivity contribution is -0.122. The van der Waals surface area contributed by atoms with Gasteiger partial charge in [0.2, 0.25) is 0 Å². The van der Waals surface area contributed by atoms with Gasteiger partial charge >= 0.3 is 0 Å². The van der Waals surface area contributed by atoms with Crippen molar-refractivity contribution in [1.82, 2.24) is 19.2 Å². The second-order valence-electron chi connectivity index (χ2n) is 8.19. The zero-order valence-electron chi connectivity index (χ0n) is 18.1. The first-order valence-corrected chi connectivity index (χ1v) is 11.9. The molecule has 0 N–H and O–H groups in total. The average molecular weight is 458 g/mol. The number of thioether (sulfide) groups is 1. The Hall–Kier alpha value is -2.23. The summed E-state index contributed by atoms with van der Waals surface area (Å²) in [6, 6.07) is 5.51. The third-order valence-corrected chi connectivity index (χ3v) is 6.94. The van der Waals surface area contributed by atoms with Crippen LogP contribution in [-0.2, 0) is 4.79 Å². The quantitative estimate of drug-likeness (QED) is 0.505. The Morgan fingerprint density at radius 2 is 1.94 bits per heavy atom. The van der Waals surface area contributed by atoms with Crippen LogP contribution in [0.5, 0.6) is 0 Å². The molecule has 1 amide bonds. The van der Waals surface area contributed by atoms with Gasteiger partial charge in [0.05, 0.1) is 10.5 Å². The molecule has 4 rings (SSSR count). The van der Waals surface area contributed by atoms with Crippen molar-refractivity contribution in [3.05, 3.63) is 45.2 Å². The van der Waals surface area contributed by atoms with Crippen molar-refractivity contribution in [2.24, 2.45) is 5.92 Å². The topological polar surface area (TPSA) is 61.2 Å². The number of anilines is 1. The lowest BCUT2D eigenvalue weighted by atomic mass is 10.2. The number of amides is 1. The van der Waals surface area contributed by atoms with Crippen LogP contribution >= 0.6 is 24.0 Å². The van der Waals surface area contributed by atoms with E-state index in [-0.39, 0.29) is 11.5 Å². The maximum Gasteiger partial charge on any atom is 0.267 e. The summed E-state index contributed by atoms with van der Waals surface area (Å²) < 4.78 is 2.07. The number of likely N-dealkylation sites (N-methyl/N-ethyl adjacent to an activating group) is 1. The van der Waals surface area contributed by atoms with E-state index in [1.165, 1.54) is 16.2 Å². The number of nitrogens with zero attached hydrogens (tertiary/aromatic N) is 5. The summed E-state index contributed by atoms with van der Waals surface area (Å²) >= 11 is 6.69. The molecule has 0 spiro atoms. The highest BCUT2D eigenvalue weighted by Crippen LogP contribution is 2.34. The van der Waals surface area contributed by atoms with E-state index in [9.17, 15) is 9.59 Å². The van der Waals surface area contributed by atoms with Crippen molar-refractivity contribution in [1.29, 1.82) is 0 Å². The number of piperazine rings is 1. The van der Waals surface area contributed by atoms with Crippen LogP contribution in [0.4, 0.5) is 5.82 Å². The molecule has 0 atom stereocenters. The van der Waals surface area contributed by atoms with E-state index in [0.717, 1.165) is 32.7 Å². The molecular weight excluding hydrogens is 430 g/mol. The zero-order chi connectivity index (χ0) is 22.1. The molecule has 31 heavy (non-hydrogen) atoms. The lowest BCUT2D eigenvalue weighted by Crippen LogP contribution is -2.47. The van der Waals surface area contributed by atoms with E-state index in [1.54, 1.807) is 17.2 Å². The van der Waals surface area contributed by atoms with Gasteiger partial charge in [-0.1, -0.05) is 50.8 Å². The van der Waals surface area contributed by atoms with E-state index in [1.807, 2.05) is 18.2 Å². The summed E-state index contributed by atoms with van der Waals surface area (Å²) in [5, 5.41) is 0. The molecule has 9 heteroatoms. The molecule has 164 valence electrons. The normalized spacial score (nSPS) is 19.4. The summed E-state index contributed by atoms with van der Waals surface area (Å²) in [5.74, 6) is 0.810. The van der Waals surface area contributed by atoms with Gasteiger partial charge in [0.1, 0.15) is 15.8 Å². The maximum absolute atomic E-state index is 13.4. The van der Waals surface area contributed by atoms with E-state index in [4.69, 9.17) is 17.2 Å². The molecular formula is C22H27N5O2S2. The average Bonchev–Trinajstić information content (AvgIpc) is 3.02. The highest BCUT2D eigenvalue weighted by Gasteiger charge is 2.33. The second-order valence-corrected chi connectivity index (χ2v) is 9.87. The zero-order valence-corrected chi connectivity index (χ0v) is 19.7. The third kappa shape index (κ3) is 4.40. The number of rotatable bonds is 5. The van der Waals surface area contributed by atoms with Crippen LogP contribution in [0.3, 0.4) is 0 Å². The standard InChI is InChI=1S/C22H27N5O2S2/c1-4-24-9-11-25(12-10-24)19-16(20(28)26-8-6-5-7-18(26)23-19)13-17-21(29)27(14-15(2)3)22(30)31-17/h5-8,13,15H,4,9-12,14H2,1-3H3/b17-13+. The van der Waals surface area contributed by atoms with E-state index in [2.05, 4.69) is 30.6 Å². The minimum absolute atomic E-state index is 0.136. The van der Waals surface area contributed by atoms with Crippen molar-refractivity contribution in [2.45, 2.75) is 20.8 Å². The summed E-state index contributed by atoms with van der Waals surface area (Å²) in [6.07, 6.45) is 3.40. The molecule has 2 aliphatic rings. The minimum Gasteiger partial charge on any atom is -0.353 e. The molecule has 2 fully saturated rings. The Bertz CT molecular complexity index is 1100. The predicted octanol–water partition coefficient (Wildman–Crippen LogP) is 2.69. The van der Waals surface area contributed by atoms with Crippen LogP contribution in [0, 0.1) is 5.92 Å². The number of aromatic nitrogens is 2. The minimum atomic E-state index is -0.173. The molecule has 0 radical (unpaired) electrons. The van der Waals surface area contributed by atoms with Crippen LogP contribution in [0.1, 0.15) is 26.3 Å². The first kappa shape index (κ1) is 22.0. The maximum atomic E-state index is 13.4. The molecule has 0 aliphatic carbocycles. The van der Waals surface area contributed by atoms with Crippen LogP contribution < -0.4 is 10.5 Å². The van der Waals surface area contributed by atoms with Crippen molar-refractivity contribution >= 4 is 51.7 Å². The van der Waals surface area contributed by atoms with E-state index >= 15 is 0 Å². The number of carbonyl (C=O) groups is 1. The van der Waals surface area contributed by atoms with Crippen molar-refractivity contribution in [3.8, 4) is 0 Å². The summed E-state index contributed by atoms with van der Waals surface area (Å²) in [6.45, 7) is 11.3. The summed E-state index contributed by atoms with van der Waals surface area (Å²) in [5.41, 5.74) is 0.872. The second kappa shape index (κ2) is 9.10. The molecule has 2 aromatic rings. The van der Waals surface area contributed by atoms with Crippen LogP contribution in [-0.4, -0.2) is 68.7 Å². The number of fused-ring (bicyclic) bond motifs is 1. The predicted molar refractivity (Wildman–Crippen MR) is 131 cm³/mol. The van der Waals surface area contributed by atoms with Gasteiger partial charge in [0.15, 0.2) is 0 Å². The number of thiocarbonyl (C=S) groups is 1. The molecule has 2 aromatic heterocycles. The molecule has 7 nitrogen and oxygen atoms in total. The van der Waals surface area contributed by atoms with Gasteiger partial charge in [-0.05, 0) is 30.7 Å². The Morgan fingerprint density at radius 1 is 1.19 bits per heavy atom. The van der Waals surface area contributed by atoms with Gasteiger partial charge in [-0.15, -0.1) is 0 Å². The van der Waals surface area contributed by atoms with Crippen molar-refractivity contribution in [3.63, 3.8) is 0 Å². The fourth-order valence-electron chi connectivity index (χ4n) is 3.89. The Balaban J connectivity index is 1.79. The van der Waals surface area contributed by atoms with E-state index < -0.39 is 0 Å². The first-order chi connectivity index (χ1) is 14.9. The van der Waals surface area contributed by atoms with Crippen molar-refractivity contribution in [2.75, 3.05) is 44.2 Å². The fraction of sp³-hybridized carbons (Fsp3) is 0.455. The molecule has 4 heterocycles. The number of hydrogen-bond donors (Lipinski definition) is 0. The van der Waals surface area contributed by atoms with Crippen LogP contribution in [0.2, 0.25) is 0 Å². The molecule has 0 unspecified atom stereocenters. The number of carbonyl (C=O) groups excluding carboxylic acids is 1. The monoisotopic (exact) mass is 457 g/mol. The lowest BCUT2D eigenvalue weighted by Gasteiger charge is -2.35. The molecule has 0 bridgehead atoms. The highest BCUT2D eigenvalue weighted by molar-refractivity contribution is 8.26. The van der Waals surface area contributed by atoms with Crippen LogP contribution in [0.15, 0.2) is 34.1 Å². The first-order valence-electron chi connectivity index (χ1n) is 10.6. The van der Waals surface area contributed by atoms with Gasteiger partial charge in [0.25, 0.3) is 11.5 Å². The Kier molecular flexibility index (Phi) is 6.45. The Morgan fingerprint density at radius 3 is 2.61 bits per heavy atom. The largest absolute Gasteiger partial charge is 0.353 e. The number of pyridine rings is 1.